The molecule has 1 unspecified atom stereocenters. The van der Waals surface area contributed by atoms with Crippen molar-refractivity contribution in [2.24, 2.45) is 5.92 Å². The van der Waals surface area contributed by atoms with Gasteiger partial charge in [0.25, 0.3) is 0 Å². The van der Waals surface area contributed by atoms with Crippen LogP contribution in [0.4, 0.5) is 0 Å². The van der Waals surface area contributed by atoms with Crippen LogP contribution in [0.3, 0.4) is 0 Å². The van der Waals surface area contributed by atoms with Gasteiger partial charge in [-0.05, 0) is 50.8 Å². The van der Waals surface area contributed by atoms with Crippen LogP contribution in [0.1, 0.15) is 56.6 Å². The second-order valence-corrected chi connectivity index (χ2v) is 9.01. The molecule has 0 saturated carbocycles. The van der Waals surface area contributed by atoms with Gasteiger partial charge in [0.2, 0.25) is 11.8 Å². The summed E-state index contributed by atoms with van der Waals surface area (Å²) < 4.78 is 11.4. The van der Waals surface area contributed by atoms with Crippen LogP contribution in [0.25, 0.3) is 6.08 Å². The normalized spacial score (nSPS) is 22.2. The molecule has 3 aliphatic heterocycles. The lowest BCUT2D eigenvalue weighted by molar-refractivity contribution is -0.139. The summed E-state index contributed by atoms with van der Waals surface area (Å²) in [6.45, 7) is 5.11. The molecule has 0 bridgehead atoms. The molecule has 6 nitrogen and oxygen atoms in total. The second kappa shape index (κ2) is 9.75. The van der Waals surface area contributed by atoms with E-state index in [-0.39, 0.29) is 17.9 Å². The zero-order chi connectivity index (χ0) is 21.8. The summed E-state index contributed by atoms with van der Waals surface area (Å²) in [5.74, 6) is 1.96. The van der Waals surface area contributed by atoms with Gasteiger partial charge in [-0.1, -0.05) is 12.8 Å². The number of benzene rings is 1. The van der Waals surface area contributed by atoms with Crippen molar-refractivity contribution < 1.29 is 19.1 Å². The van der Waals surface area contributed by atoms with E-state index in [4.69, 9.17) is 9.47 Å². The zero-order valence-electron chi connectivity index (χ0n) is 18.8. The quantitative estimate of drug-likeness (QED) is 0.690. The van der Waals surface area contributed by atoms with Gasteiger partial charge in [-0.25, -0.2) is 0 Å². The van der Waals surface area contributed by atoms with Crippen molar-refractivity contribution in [1.82, 2.24) is 9.80 Å². The van der Waals surface area contributed by atoms with E-state index in [0.29, 0.717) is 19.0 Å². The zero-order valence-corrected chi connectivity index (χ0v) is 18.8. The van der Waals surface area contributed by atoms with E-state index < -0.39 is 0 Å². The fourth-order valence-corrected chi connectivity index (χ4v) is 4.92. The molecule has 1 aromatic rings. The summed E-state index contributed by atoms with van der Waals surface area (Å²) in [5.41, 5.74) is 1.99. The van der Waals surface area contributed by atoms with Crippen molar-refractivity contribution in [2.45, 2.75) is 58.0 Å². The van der Waals surface area contributed by atoms with Crippen molar-refractivity contribution in [2.75, 3.05) is 33.3 Å². The van der Waals surface area contributed by atoms with Crippen LogP contribution in [0, 0.1) is 5.92 Å². The summed E-state index contributed by atoms with van der Waals surface area (Å²) >= 11 is 0. The average molecular weight is 427 g/mol. The monoisotopic (exact) mass is 426 g/mol. The first kappa shape index (κ1) is 21.7. The number of carbonyl (C=O) groups is 2. The van der Waals surface area contributed by atoms with Crippen LogP contribution < -0.4 is 9.47 Å². The molecule has 2 saturated heterocycles. The van der Waals surface area contributed by atoms with E-state index in [0.717, 1.165) is 67.8 Å². The van der Waals surface area contributed by atoms with Crippen molar-refractivity contribution in [1.29, 1.82) is 0 Å². The third kappa shape index (κ3) is 5.05. The predicted octanol–water partition coefficient (Wildman–Crippen LogP) is 3.67. The van der Waals surface area contributed by atoms with Gasteiger partial charge in [-0.2, -0.15) is 0 Å². The molecule has 3 aliphatic rings. The van der Waals surface area contributed by atoms with Crippen LogP contribution in [-0.2, 0) is 16.0 Å². The Balaban J connectivity index is 1.34. The molecule has 4 rings (SSSR count). The first-order valence-electron chi connectivity index (χ1n) is 11.7. The molecule has 0 aromatic heterocycles. The number of fused-ring (bicyclic) bond motifs is 1. The largest absolute Gasteiger partial charge is 0.496 e. The fraction of sp³-hybridized carbons (Fsp3) is 0.600. The Kier molecular flexibility index (Phi) is 6.83. The highest BCUT2D eigenvalue weighted by Crippen LogP contribution is 2.35. The third-order valence-corrected chi connectivity index (χ3v) is 6.73. The minimum absolute atomic E-state index is 0.0162. The molecule has 0 radical (unpaired) electrons. The maximum atomic E-state index is 12.9. The molecular formula is C25H34N2O4. The molecular weight excluding hydrogens is 392 g/mol. The second-order valence-electron chi connectivity index (χ2n) is 9.01. The van der Waals surface area contributed by atoms with Crippen LogP contribution in [-0.4, -0.2) is 61.0 Å². The first-order chi connectivity index (χ1) is 15.0. The summed E-state index contributed by atoms with van der Waals surface area (Å²) in [5, 5.41) is 0. The highest BCUT2D eigenvalue weighted by Gasteiger charge is 2.30. The smallest absolute Gasteiger partial charge is 0.246 e. The number of hydrogen-bond acceptors (Lipinski definition) is 4. The number of methoxy groups -OCH3 is 1. The first-order valence-corrected chi connectivity index (χ1v) is 11.7. The summed E-state index contributed by atoms with van der Waals surface area (Å²) in [6, 6.07) is 3.95. The van der Waals surface area contributed by atoms with Crippen molar-refractivity contribution in [3.8, 4) is 11.5 Å². The Bertz CT molecular complexity index is 834. The molecule has 1 aromatic carbocycles. The molecule has 2 fully saturated rings. The number of hydrogen-bond donors (Lipinski definition) is 0. The third-order valence-electron chi connectivity index (χ3n) is 6.73. The lowest BCUT2D eigenvalue weighted by Gasteiger charge is -2.33. The Morgan fingerprint density at radius 3 is 2.42 bits per heavy atom. The van der Waals surface area contributed by atoms with Gasteiger partial charge in [0.05, 0.1) is 7.11 Å². The lowest BCUT2D eigenvalue weighted by Crippen LogP contribution is -2.44. The van der Waals surface area contributed by atoms with Gasteiger partial charge in [-0.3, -0.25) is 9.59 Å². The van der Waals surface area contributed by atoms with Gasteiger partial charge in [0, 0.05) is 55.7 Å². The van der Waals surface area contributed by atoms with Crippen molar-refractivity contribution in [3.05, 3.63) is 29.3 Å². The Labute approximate surface area is 185 Å². The Morgan fingerprint density at radius 1 is 1.03 bits per heavy atom. The van der Waals surface area contributed by atoms with E-state index in [9.17, 15) is 9.59 Å². The number of carbonyl (C=O) groups excluding carboxylic acids is 2. The van der Waals surface area contributed by atoms with E-state index in [1.807, 2.05) is 30.0 Å². The van der Waals surface area contributed by atoms with E-state index >= 15 is 0 Å². The summed E-state index contributed by atoms with van der Waals surface area (Å²) in [7, 11) is 1.65. The molecule has 31 heavy (non-hydrogen) atoms. The van der Waals surface area contributed by atoms with Gasteiger partial charge in [0.15, 0.2) is 0 Å². The van der Waals surface area contributed by atoms with Gasteiger partial charge in [-0.15, -0.1) is 0 Å². The van der Waals surface area contributed by atoms with Gasteiger partial charge in [0.1, 0.15) is 17.6 Å². The number of piperidine rings is 1. The number of rotatable bonds is 4. The van der Waals surface area contributed by atoms with E-state index in [1.165, 1.54) is 12.8 Å². The Hall–Kier alpha value is -2.50. The highest BCUT2D eigenvalue weighted by molar-refractivity contribution is 5.92. The van der Waals surface area contributed by atoms with Crippen molar-refractivity contribution >= 4 is 17.9 Å². The van der Waals surface area contributed by atoms with Gasteiger partial charge >= 0.3 is 0 Å². The standard InChI is InChI=1S/C25H34N2O4/c1-18-15-21-17-22(30-2)20(16-23(21)31-18)7-8-24(28)26-13-9-19(10-14-26)25(29)27-11-5-3-4-6-12-27/h7-8,16-19H,3-6,9-15H2,1-2H3. The molecule has 168 valence electrons. The molecule has 2 amide bonds. The minimum atomic E-state index is -0.0162. The van der Waals surface area contributed by atoms with Crippen LogP contribution in [0.15, 0.2) is 18.2 Å². The SMILES string of the molecule is COc1cc2c(cc1C=CC(=O)N1CCC(C(=O)N3CCCCCC3)CC1)OC(C)C2. The average Bonchev–Trinajstić information content (AvgIpc) is 2.97. The predicted molar refractivity (Wildman–Crippen MR) is 120 cm³/mol. The fourth-order valence-electron chi connectivity index (χ4n) is 4.92. The number of ether oxygens (including phenoxy) is 2. The molecule has 6 heteroatoms. The topological polar surface area (TPSA) is 59.1 Å². The van der Waals surface area contributed by atoms with E-state index in [2.05, 4.69) is 4.90 Å². The molecule has 0 aliphatic carbocycles. The highest BCUT2D eigenvalue weighted by atomic mass is 16.5. The van der Waals surface area contributed by atoms with Crippen LogP contribution in [0.5, 0.6) is 11.5 Å². The Morgan fingerprint density at radius 2 is 1.74 bits per heavy atom. The molecule has 1 atom stereocenters. The maximum Gasteiger partial charge on any atom is 0.246 e. The number of nitrogens with zero attached hydrogens (tertiary/aromatic N) is 2. The van der Waals surface area contributed by atoms with Gasteiger partial charge < -0.3 is 19.3 Å². The molecule has 0 spiro atoms. The minimum Gasteiger partial charge on any atom is -0.496 e. The molecule has 3 heterocycles. The number of likely N-dealkylation sites (tertiary alicyclic amines) is 2. The van der Waals surface area contributed by atoms with E-state index in [1.54, 1.807) is 13.2 Å². The van der Waals surface area contributed by atoms with Crippen LogP contribution >= 0.6 is 0 Å². The summed E-state index contributed by atoms with van der Waals surface area (Å²) in [4.78, 5) is 29.5. The lowest BCUT2D eigenvalue weighted by atomic mass is 9.95. The number of amides is 2. The van der Waals surface area contributed by atoms with Crippen molar-refractivity contribution in [3.63, 3.8) is 0 Å². The summed E-state index contributed by atoms with van der Waals surface area (Å²) in [6.07, 6.45) is 10.6. The maximum absolute atomic E-state index is 12.9. The molecule has 0 N–H and O–H groups in total. The van der Waals surface area contributed by atoms with Crippen LogP contribution in [0.2, 0.25) is 0 Å².